The number of rotatable bonds is 2. The molecule has 1 aromatic carbocycles. The molecule has 1 N–H and O–H groups in total. The molecule has 1 saturated heterocycles. The minimum atomic E-state index is -4.69. The Morgan fingerprint density at radius 3 is 2.11 bits per heavy atom. The second-order valence-electron chi connectivity index (χ2n) is 3.77. The van der Waals surface area contributed by atoms with Crippen molar-refractivity contribution in [3.05, 3.63) is 35.9 Å². The molecule has 1 aliphatic heterocycles. The summed E-state index contributed by atoms with van der Waals surface area (Å²) in [5, 5.41) is 0. The Bertz CT molecular complexity index is 318. The molecule has 0 unspecified atom stereocenters. The lowest BCUT2D eigenvalue weighted by Gasteiger charge is -2.26. The van der Waals surface area contributed by atoms with Crippen LogP contribution in [-0.2, 0) is 11.3 Å². The molecule has 1 aromatic rings. The van der Waals surface area contributed by atoms with Crippen molar-refractivity contribution >= 4 is 0 Å². The molecule has 0 aromatic heterocycles. The quantitative estimate of drug-likeness (QED) is 0.636. The zero-order chi connectivity index (χ0) is 13.4. The molecule has 0 atom stereocenters. The van der Waals surface area contributed by atoms with Crippen molar-refractivity contribution in [2.45, 2.75) is 6.54 Å². The summed E-state index contributed by atoms with van der Waals surface area (Å²) in [6.07, 6.45) is 0. The van der Waals surface area contributed by atoms with Gasteiger partial charge < -0.3 is 4.74 Å². The largest absolute Gasteiger partial charge is 0.379 e. The smallest absolute Gasteiger partial charge is 0.0777 e. The van der Waals surface area contributed by atoms with E-state index in [2.05, 4.69) is 35.2 Å². The predicted molar refractivity (Wildman–Crippen MR) is 54.8 cm³/mol. The van der Waals surface area contributed by atoms with Gasteiger partial charge in [-0.25, -0.2) is 0 Å². The summed E-state index contributed by atoms with van der Waals surface area (Å²) >= 11 is 0. The van der Waals surface area contributed by atoms with Gasteiger partial charge in [-0.05, 0) is 5.56 Å². The van der Waals surface area contributed by atoms with Crippen molar-refractivity contribution in [2.75, 3.05) is 26.3 Å². The van der Waals surface area contributed by atoms with Gasteiger partial charge in [0.05, 0.1) is 28.1 Å². The molecule has 0 aliphatic carbocycles. The van der Waals surface area contributed by atoms with Crippen LogP contribution in [-0.4, -0.2) is 35.9 Å². The molecule has 2 rings (SSSR count). The zero-order valence-corrected chi connectivity index (χ0v) is 10.6. The van der Waals surface area contributed by atoms with Gasteiger partial charge in [0.1, 0.15) is 0 Å². The van der Waals surface area contributed by atoms with Crippen LogP contribution in [0.3, 0.4) is 0 Å². The van der Waals surface area contributed by atoms with Gasteiger partial charge in [-0.3, -0.25) is 4.90 Å². The maximum Gasteiger partial charge on any atom is 0.0777 e. The monoisotopic (exact) mass is 277 g/mol. The first kappa shape index (κ1) is 15.3. The van der Waals surface area contributed by atoms with Gasteiger partial charge >= 0.3 is 0 Å². The van der Waals surface area contributed by atoms with Crippen molar-refractivity contribution < 1.29 is 33.6 Å². The summed E-state index contributed by atoms with van der Waals surface area (Å²) in [5.74, 6) is 0. The molecular weight excluding hydrogens is 262 g/mol. The first-order valence-corrected chi connectivity index (χ1v) is 6.69. The second-order valence-corrected chi connectivity index (χ2v) is 4.56. The summed E-state index contributed by atoms with van der Waals surface area (Å²) in [5.41, 5.74) is 1.39. The topological polar surface area (TPSA) is 102 Å². The maximum atomic E-state index is 8.60. The van der Waals surface area contributed by atoms with Gasteiger partial charge in [0.15, 0.2) is 0 Å². The number of nitrogens with zero attached hydrogens (tertiary/aromatic N) is 1. The number of hydrogen-bond donors (Lipinski definition) is 1. The first-order chi connectivity index (χ1) is 8.45. The highest BCUT2D eigenvalue weighted by Crippen LogP contribution is 2.05. The van der Waals surface area contributed by atoms with E-state index in [0.717, 1.165) is 32.8 Å². The van der Waals surface area contributed by atoms with Crippen molar-refractivity contribution in [2.24, 2.45) is 0 Å². The fourth-order valence-corrected chi connectivity index (χ4v) is 1.60. The summed E-state index contributed by atoms with van der Waals surface area (Å²) in [6, 6.07) is 10.6. The lowest BCUT2D eigenvalue weighted by molar-refractivity contribution is -1.92. The van der Waals surface area contributed by atoms with Crippen molar-refractivity contribution in [3.8, 4) is 0 Å². The Hall–Kier alpha value is -0.730. The maximum absolute atomic E-state index is 8.60. The number of morpholine rings is 1. The molecule has 0 amide bonds. The van der Waals surface area contributed by atoms with Crippen molar-refractivity contribution in [1.82, 2.24) is 4.90 Å². The lowest BCUT2D eigenvalue weighted by atomic mass is 10.2. The van der Waals surface area contributed by atoms with Crippen LogP contribution in [0.2, 0.25) is 0 Å². The molecule has 0 saturated carbocycles. The minimum Gasteiger partial charge on any atom is -0.379 e. The Balaban J connectivity index is 0.000000280. The highest BCUT2D eigenvalue weighted by Gasteiger charge is 2.09. The minimum absolute atomic E-state index is 0.882. The standard InChI is InChI=1S/C11H15NO.ClHO4/c1-2-4-11(5-3-1)10-12-6-8-13-9-7-12;2-1(3,4)5/h1-5H,6-10H2;(H,2,3,4,5). The third-order valence-electron chi connectivity index (χ3n) is 2.35. The molecule has 18 heavy (non-hydrogen) atoms. The van der Waals surface area contributed by atoms with E-state index in [1.807, 2.05) is 0 Å². The van der Waals surface area contributed by atoms with Crippen LogP contribution in [0.15, 0.2) is 30.3 Å². The van der Waals surface area contributed by atoms with Gasteiger partial charge in [-0.2, -0.15) is 14.0 Å². The van der Waals surface area contributed by atoms with Crippen LogP contribution >= 0.6 is 0 Å². The van der Waals surface area contributed by atoms with Crippen LogP contribution in [0, 0.1) is 10.2 Å². The predicted octanol–water partition coefficient (Wildman–Crippen LogP) is -2.61. The van der Waals surface area contributed by atoms with Gasteiger partial charge in [-0.15, -0.1) is 0 Å². The van der Waals surface area contributed by atoms with Crippen LogP contribution in [0.1, 0.15) is 5.56 Å². The van der Waals surface area contributed by atoms with Crippen LogP contribution in [0.25, 0.3) is 0 Å². The number of hydrogen-bond acceptors (Lipinski definition) is 6. The summed E-state index contributed by atoms with van der Waals surface area (Å²) in [4.78, 5) is 2.43. The Labute approximate surface area is 108 Å². The van der Waals surface area contributed by atoms with E-state index < -0.39 is 10.2 Å². The average molecular weight is 278 g/mol. The van der Waals surface area contributed by atoms with Crippen LogP contribution < -0.4 is 14.0 Å². The van der Waals surface area contributed by atoms with E-state index in [1.54, 1.807) is 0 Å². The van der Waals surface area contributed by atoms with E-state index in [4.69, 9.17) is 23.4 Å². The van der Waals surface area contributed by atoms with Crippen molar-refractivity contribution in [3.63, 3.8) is 0 Å². The fourth-order valence-electron chi connectivity index (χ4n) is 1.60. The summed E-state index contributed by atoms with van der Waals surface area (Å²) in [6.45, 7) is 4.95. The molecule has 0 spiro atoms. The molecule has 6 nitrogen and oxygen atoms in total. The molecule has 102 valence electrons. The Morgan fingerprint density at radius 1 is 1.11 bits per heavy atom. The Morgan fingerprint density at radius 2 is 1.61 bits per heavy atom. The van der Waals surface area contributed by atoms with Crippen LogP contribution in [0.5, 0.6) is 0 Å². The average Bonchev–Trinajstić information content (AvgIpc) is 2.29. The van der Waals surface area contributed by atoms with E-state index in [-0.39, 0.29) is 0 Å². The Kier molecular flexibility index (Phi) is 6.51. The fraction of sp³-hybridized carbons (Fsp3) is 0.455. The summed E-state index contributed by atoms with van der Waals surface area (Å²) in [7, 11) is -4.69. The number of ether oxygens (including phenoxy) is 1. The highest BCUT2D eigenvalue weighted by molar-refractivity contribution is 5.14. The summed E-state index contributed by atoms with van der Waals surface area (Å²) < 4.78 is 38.0. The number of halogens is 1. The molecule has 7 heteroatoms. The SMILES string of the molecule is [O-][Cl+3]([O-])([O-])O.c1ccc(CN2CCOCC2)cc1. The molecular formula is C11H16ClNO5. The third kappa shape index (κ3) is 8.37. The van der Waals surface area contributed by atoms with Gasteiger partial charge in [0, 0.05) is 19.6 Å². The molecule has 1 fully saturated rings. The van der Waals surface area contributed by atoms with E-state index in [1.165, 1.54) is 5.56 Å². The van der Waals surface area contributed by atoms with E-state index in [9.17, 15) is 0 Å². The van der Waals surface area contributed by atoms with Crippen molar-refractivity contribution in [1.29, 1.82) is 0 Å². The molecule has 1 aliphatic rings. The molecule has 0 bridgehead atoms. The normalized spacial score (nSPS) is 16.9. The number of benzene rings is 1. The lowest BCUT2D eigenvalue weighted by Crippen LogP contribution is -2.58. The third-order valence-corrected chi connectivity index (χ3v) is 2.35. The van der Waals surface area contributed by atoms with Crippen LogP contribution in [0.4, 0.5) is 0 Å². The van der Waals surface area contributed by atoms with E-state index in [0.29, 0.717) is 0 Å². The highest BCUT2D eigenvalue weighted by atomic mass is 35.7. The first-order valence-electron chi connectivity index (χ1n) is 5.42. The molecule has 1 heterocycles. The van der Waals surface area contributed by atoms with Gasteiger partial charge in [0.25, 0.3) is 0 Å². The van der Waals surface area contributed by atoms with Gasteiger partial charge in [-0.1, -0.05) is 30.3 Å². The molecule has 0 radical (unpaired) electrons. The zero-order valence-electron chi connectivity index (χ0n) is 9.83. The van der Waals surface area contributed by atoms with E-state index >= 15 is 0 Å². The second kappa shape index (κ2) is 7.65. The van der Waals surface area contributed by atoms with Gasteiger partial charge in [0.2, 0.25) is 0 Å².